The maximum atomic E-state index is 13.3. The number of benzene rings is 1. The molecule has 1 aromatic heterocycles. The molecule has 2 heterocycles. The van der Waals surface area contributed by atoms with Gasteiger partial charge in [-0.25, -0.2) is 4.98 Å². The molecule has 1 aliphatic heterocycles. The molecule has 0 spiro atoms. The number of aryl methyl sites for hydroxylation is 1. The Balaban J connectivity index is 1.83. The molecule has 148 valence electrons. The highest BCUT2D eigenvalue weighted by molar-refractivity contribution is 6.14. The van der Waals surface area contributed by atoms with Gasteiger partial charge in [-0.15, -0.1) is 0 Å². The lowest BCUT2D eigenvalue weighted by Crippen LogP contribution is -2.41. The fraction of sp³-hybridized carbons (Fsp3) is 0.333. The van der Waals surface area contributed by atoms with Crippen molar-refractivity contribution in [3.05, 3.63) is 71.1 Å². The number of Topliss-reactive ketones (excluding diaryl/α,β-unsaturated/α-hetero) is 1. The van der Waals surface area contributed by atoms with Gasteiger partial charge in [-0.3, -0.25) is 14.6 Å². The maximum Gasteiger partial charge on any atom is 0.255 e. The van der Waals surface area contributed by atoms with E-state index in [2.05, 4.69) is 17.2 Å². The van der Waals surface area contributed by atoms with Crippen LogP contribution in [0.25, 0.3) is 0 Å². The first-order valence-corrected chi connectivity index (χ1v) is 10.0. The number of ketones is 1. The summed E-state index contributed by atoms with van der Waals surface area (Å²) in [5.74, 6) is -0.00521. The minimum absolute atomic E-state index is 0.173. The first-order valence-electron chi connectivity index (χ1n) is 10.0. The Labute approximate surface area is 171 Å². The van der Waals surface area contributed by atoms with Crippen molar-refractivity contribution in [1.29, 1.82) is 0 Å². The van der Waals surface area contributed by atoms with Crippen LogP contribution in [0.5, 0.6) is 0 Å². The van der Waals surface area contributed by atoms with Crippen LogP contribution in [0.1, 0.15) is 43.7 Å². The standard InChI is InChI=1S/C24H25N3O2/c1-14-12-18-23(19(28)13-14)22(17-9-5-4-8-15(17)2)21(16(3)26-18)24(29)27-20-10-6-7-11-25-20/h4-11,14,22-23H,12-13H2,1-3H3,(H,25,27,29)/t14-,22+,23?/m1/s1. The highest BCUT2D eigenvalue weighted by atomic mass is 16.2. The number of hydrogen-bond donors (Lipinski definition) is 1. The summed E-state index contributed by atoms with van der Waals surface area (Å²) in [5, 5.41) is 2.89. The number of fused-ring (bicyclic) bond motifs is 1. The smallest absolute Gasteiger partial charge is 0.255 e. The topological polar surface area (TPSA) is 71.4 Å². The first kappa shape index (κ1) is 19.2. The van der Waals surface area contributed by atoms with E-state index in [1.165, 1.54) is 0 Å². The largest absolute Gasteiger partial charge is 0.307 e. The summed E-state index contributed by atoms with van der Waals surface area (Å²) in [4.78, 5) is 35.4. The Morgan fingerprint density at radius 2 is 1.79 bits per heavy atom. The second kappa shape index (κ2) is 7.74. The molecule has 0 radical (unpaired) electrons. The molecule has 1 fully saturated rings. The number of aromatic nitrogens is 1. The number of anilines is 1. The normalized spacial score (nSPS) is 24.0. The average molecular weight is 387 g/mol. The summed E-state index contributed by atoms with van der Waals surface area (Å²) < 4.78 is 0. The van der Waals surface area contributed by atoms with Gasteiger partial charge in [0.1, 0.15) is 11.6 Å². The third kappa shape index (κ3) is 3.65. The van der Waals surface area contributed by atoms with Crippen LogP contribution < -0.4 is 5.32 Å². The van der Waals surface area contributed by atoms with Crippen molar-refractivity contribution in [3.63, 3.8) is 0 Å². The fourth-order valence-corrected chi connectivity index (χ4v) is 4.57. The van der Waals surface area contributed by atoms with Crippen molar-refractivity contribution in [3.8, 4) is 0 Å². The van der Waals surface area contributed by atoms with Crippen LogP contribution in [0.15, 0.2) is 64.9 Å². The van der Waals surface area contributed by atoms with Gasteiger partial charge in [-0.05, 0) is 49.4 Å². The summed E-state index contributed by atoms with van der Waals surface area (Å²) in [6.07, 6.45) is 2.96. The number of nitrogens with zero attached hydrogens (tertiary/aromatic N) is 2. The van der Waals surface area contributed by atoms with Crippen LogP contribution in [0.4, 0.5) is 5.82 Å². The van der Waals surface area contributed by atoms with Gasteiger partial charge in [0.25, 0.3) is 5.91 Å². The average Bonchev–Trinajstić information content (AvgIpc) is 2.67. The maximum absolute atomic E-state index is 13.3. The summed E-state index contributed by atoms with van der Waals surface area (Å²) in [6, 6.07) is 13.4. The quantitative estimate of drug-likeness (QED) is 0.845. The number of rotatable bonds is 3. The van der Waals surface area contributed by atoms with E-state index in [4.69, 9.17) is 4.99 Å². The lowest BCUT2D eigenvalue weighted by atomic mass is 9.66. The molecule has 1 amide bonds. The van der Waals surface area contributed by atoms with E-state index in [1.54, 1.807) is 18.3 Å². The molecule has 1 N–H and O–H groups in total. The number of carbonyl (C=O) groups is 2. The molecule has 3 atom stereocenters. The predicted octanol–water partition coefficient (Wildman–Crippen LogP) is 4.46. The van der Waals surface area contributed by atoms with E-state index < -0.39 is 0 Å². The van der Waals surface area contributed by atoms with E-state index in [-0.39, 0.29) is 29.4 Å². The predicted molar refractivity (Wildman–Crippen MR) is 114 cm³/mol. The third-order valence-electron chi connectivity index (χ3n) is 5.83. The second-order valence-electron chi connectivity index (χ2n) is 8.06. The van der Waals surface area contributed by atoms with Crippen molar-refractivity contribution in [2.45, 2.75) is 39.5 Å². The number of aliphatic imine (C=N–C) groups is 1. The Bertz CT molecular complexity index is 1020. The number of nitrogens with one attached hydrogen (secondary N) is 1. The van der Waals surface area contributed by atoms with Gasteiger partial charge in [-0.1, -0.05) is 37.3 Å². The van der Waals surface area contributed by atoms with E-state index in [9.17, 15) is 9.59 Å². The number of hydrogen-bond acceptors (Lipinski definition) is 4. The van der Waals surface area contributed by atoms with Gasteiger partial charge in [0.2, 0.25) is 0 Å². The van der Waals surface area contributed by atoms with Gasteiger partial charge in [-0.2, -0.15) is 0 Å². The van der Waals surface area contributed by atoms with Gasteiger partial charge < -0.3 is 5.32 Å². The number of pyridine rings is 1. The van der Waals surface area contributed by atoms with Crippen molar-refractivity contribution in [2.24, 2.45) is 16.8 Å². The van der Waals surface area contributed by atoms with Crippen molar-refractivity contribution < 1.29 is 9.59 Å². The summed E-state index contributed by atoms with van der Waals surface area (Å²) in [5.41, 5.74) is 4.23. The molecule has 2 aliphatic rings. The van der Waals surface area contributed by atoms with Gasteiger partial charge >= 0.3 is 0 Å². The molecule has 4 rings (SSSR count). The lowest BCUT2D eigenvalue weighted by molar-refractivity contribution is -0.123. The minimum atomic E-state index is -0.375. The van der Waals surface area contributed by atoms with Crippen LogP contribution in [0, 0.1) is 18.8 Å². The van der Waals surface area contributed by atoms with Crippen LogP contribution in [-0.4, -0.2) is 22.4 Å². The molecule has 1 aliphatic carbocycles. The van der Waals surface area contributed by atoms with Crippen LogP contribution >= 0.6 is 0 Å². The zero-order valence-electron chi connectivity index (χ0n) is 17.0. The lowest BCUT2D eigenvalue weighted by Gasteiger charge is -2.38. The van der Waals surface area contributed by atoms with E-state index >= 15 is 0 Å². The molecule has 5 heteroatoms. The highest BCUT2D eigenvalue weighted by Crippen LogP contribution is 2.44. The first-order chi connectivity index (χ1) is 14.0. The Morgan fingerprint density at radius 3 is 2.52 bits per heavy atom. The number of amides is 1. The molecule has 1 saturated carbocycles. The molecule has 5 nitrogen and oxygen atoms in total. The van der Waals surface area contributed by atoms with Crippen molar-refractivity contribution in [2.75, 3.05) is 5.32 Å². The fourth-order valence-electron chi connectivity index (χ4n) is 4.57. The Morgan fingerprint density at radius 1 is 1.03 bits per heavy atom. The monoisotopic (exact) mass is 387 g/mol. The Hall–Kier alpha value is -3.08. The molecule has 29 heavy (non-hydrogen) atoms. The zero-order chi connectivity index (χ0) is 20.5. The van der Waals surface area contributed by atoms with E-state index in [0.717, 1.165) is 23.3 Å². The molecule has 1 unspecified atom stereocenters. The number of allylic oxidation sites excluding steroid dienone is 1. The molecule has 1 aromatic carbocycles. The van der Waals surface area contributed by atoms with E-state index in [0.29, 0.717) is 23.5 Å². The SMILES string of the molecule is CC1=C(C(=O)Nc2ccccn2)[C@H](c2ccccc2C)C2C(=O)C[C@H](C)CC2=N1. The molecule has 0 bridgehead atoms. The summed E-state index contributed by atoms with van der Waals surface area (Å²) >= 11 is 0. The van der Waals surface area contributed by atoms with Crippen LogP contribution in [0.3, 0.4) is 0 Å². The van der Waals surface area contributed by atoms with Crippen molar-refractivity contribution >= 4 is 23.2 Å². The Kier molecular flexibility index (Phi) is 5.14. The summed E-state index contributed by atoms with van der Waals surface area (Å²) in [7, 11) is 0. The number of carbonyl (C=O) groups excluding carboxylic acids is 2. The second-order valence-corrected chi connectivity index (χ2v) is 8.06. The van der Waals surface area contributed by atoms with Crippen LogP contribution in [-0.2, 0) is 9.59 Å². The van der Waals surface area contributed by atoms with Crippen LogP contribution in [0.2, 0.25) is 0 Å². The molecular formula is C24H25N3O2. The van der Waals surface area contributed by atoms with Gasteiger partial charge in [0, 0.05) is 35.5 Å². The van der Waals surface area contributed by atoms with Gasteiger partial charge in [0.05, 0.1) is 5.92 Å². The van der Waals surface area contributed by atoms with Gasteiger partial charge in [0.15, 0.2) is 0 Å². The molecular weight excluding hydrogens is 362 g/mol. The third-order valence-corrected chi connectivity index (χ3v) is 5.83. The minimum Gasteiger partial charge on any atom is -0.307 e. The molecule has 0 saturated heterocycles. The zero-order valence-corrected chi connectivity index (χ0v) is 17.0. The van der Waals surface area contributed by atoms with Crippen molar-refractivity contribution in [1.82, 2.24) is 4.98 Å². The summed E-state index contributed by atoms with van der Waals surface area (Å²) in [6.45, 7) is 5.98. The van der Waals surface area contributed by atoms with E-state index in [1.807, 2.05) is 44.2 Å². The highest BCUT2D eigenvalue weighted by Gasteiger charge is 2.45. The molecule has 2 aromatic rings.